The van der Waals surface area contributed by atoms with Crippen molar-refractivity contribution in [1.29, 1.82) is 0 Å². The lowest BCUT2D eigenvalue weighted by atomic mass is 10.3. The van der Waals surface area contributed by atoms with Crippen LogP contribution in [0.5, 0.6) is 0 Å². The van der Waals surface area contributed by atoms with Crippen LogP contribution in [0.4, 0.5) is 0 Å². The molecule has 0 aliphatic carbocycles. The molecule has 0 amide bonds. The standard InChI is InChI=1S/C12H17N3S/c1-9-12(16-10(2)15-9)4-6-14-8-11-3-5-13-7-11/h3,5,7,13-14H,4,6,8H2,1-2H3. The maximum atomic E-state index is 4.43. The Kier molecular flexibility index (Phi) is 3.74. The number of nitrogens with one attached hydrogen (secondary N) is 2. The first-order valence-corrected chi connectivity index (χ1v) is 6.32. The lowest BCUT2D eigenvalue weighted by molar-refractivity contribution is 0.689. The summed E-state index contributed by atoms with van der Waals surface area (Å²) < 4.78 is 0. The summed E-state index contributed by atoms with van der Waals surface area (Å²) in [4.78, 5) is 8.88. The molecule has 0 saturated heterocycles. The van der Waals surface area contributed by atoms with Crippen molar-refractivity contribution in [2.75, 3.05) is 6.54 Å². The average Bonchev–Trinajstić information content (AvgIpc) is 2.84. The summed E-state index contributed by atoms with van der Waals surface area (Å²) in [5, 5.41) is 4.60. The quantitative estimate of drug-likeness (QED) is 0.781. The van der Waals surface area contributed by atoms with Crippen LogP contribution in [0.2, 0.25) is 0 Å². The van der Waals surface area contributed by atoms with Crippen molar-refractivity contribution < 1.29 is 0 Å². The number of aromatic amines is 1. The number of nitrogens with zero attached hydrogens (tertiary/aromatic N) is 1. The molecular formula is C12H17N3S. The highest BCUT2D eigenvalue weighted by Gasteiger charge is 2.03. The third-order valence-electron chi connectivity index (χ3n) is 2.52. The molecule has 0 aliphatic heterocycles. The molecule has 0 bridgehead atoms. The Morgan fingerprint density at radius 2 is 2.31 bits per heavy atom. The molecule has 86 valence electrons. The van der Waals surface area contributed by atoms with Crippen molar-refractivity contribution >= 4 is 11.3 Å². The van der Waals surface area contributed by atoms with Gasteiger partial charge in [-0.2, -0.15) is 0 Å². The molecule has 0 aromatic carbocycles. The van der Waals surface area contributed by atoms with Gasteiger partial charge in [0.05, 0.1) is 10.7 Å². The Hall–Kier alpha value is -1.13. The van der Waals surface area contributed by atoms with Crippen LogP contribution in [0.3, 0.4) is 0 Å². The van der Waals surface area contributed by atoms with Gasteiger partial charge in [0.25, 0.3) is 0 Å². The van der Waals surface area contributed by atoms with E-state index in [2.05, 4.69) is 35.2 Å². The molecule has 2 rings (SSSR count). The summed E-state index contributed by atoms with van der Waals surface area (Å²) >= 11 is 1.80. The number of hydrogen-bond donors (Lipinski definition) is 2. The van der Waals surface area contributed by atoms with Crippen LogP contribution in [-0.4, -0.2) is 16.5 Å². The molecule has 4 heteroatoms. The van der Waals surface area contributed by atoms with Crippen LogP contribution >= 0.6 is 11.3 Å². The summed E-state index contributed by atoms with van der Waals surface area (Å²) in [6, 6.07) is 2.09. The second-order valence-corrected chi connectivity index (χ2v) is 5.18. The van der Waals surface area contributed by atoms with Gasteiger partial charge in [0.1, 0.15) is 0 Å². The highest BCUT2D eigenvalue weighted by atomic mass is 32.1. The second kappa shape index (κ2) is 5.27. The zero-order chi connectivity index (χ0) is 11.4. The topological polar surface area (TPSA) is 40.7 Å². The van der Waals surface area contributed by atoms with Crippen molar-refractivity contribution in [2.45, 2.75) is 26.8 Å². The lowest BCUT2D eigenvalue weighted by Crippen LogP contribution is -2.16. The molecule has 2 aromatic heterocycles. The molecule has 0 unspecified atom stereocenters. The normalized spacial score (nSPS) is 10.9. The fourth-order valence-corrected chi connectivity index (χ4v) is 2.65. The van der Waals surface area contributed by atoms with Gasteiger partial charge in [-0.25, -0.2) is 4.98 Å². The number of hydrogen-bond acceptors (Lipinski definition) is 3. The van der Waals surface area contributed by atoms with E-state index in [0.717, 1.165) is 24.5 Å². The van der Waals surface area contributed by atoms with Crippen LogP contribution in [-0.2, 0) is 13.0 Å². The van der Waals surface area contributed by atoms with E-state index in [1.807, 2.05) is 12.4 Å². The Morgan fingerprint density at radius 3 is 2.94 bits per heavy atom. The van der Waals surface area contributed by atoms with Crippen LogP contribution < -0.4 is 5.32 Å². The molecule has 0 aliphatic rings. The van der Waals surface area contributed by atoms with E-state index in [-0.39, 0.29) is 0 Å². The van der Waals surface area contributed by atoms with Crippen molar-refractivity contribution in [2.24, 2.45) is 0 Å². The van der Waals surface area contributed by atoms with E-state index < -0.39 is 0 Å². The van der Waals surface area contributed by atoms with Crippen molar-refractivity contribution in [3.63, 3.8) is 0 Å². The highest BCUT2D eigenvalue weighted by molar-refractivity contribution is 7.11. The number of aromatic nitrogens is 2. The van der Waals surface area contributed by atoms with Gasteiger partial charge in [-0.15, -0.1) is 11.3 Å². The number of thiazole rings is 1. The molecule has 0 fully saturated rings. The predicted octanol–water partition coefficient (Wildman–Crippen LogP) is 2.42. The summed E-state index contributed by atoms with van der Waals surface area (Å²) in [7, 11) is 0. The number of rotatable bonds is 5. The Balaban J connectivity index is 1.74. The third kappa shape index (κ3) is 2.93. The minimum atomic E-state index is 0.931. The average molecular weight is 235 g/mol. The lowest BCUT2D eigenvalue weighted by Gasteiger charge is -2.02. The molecule has 2 N–H and O–H groups in total. The van der Waals surface area contributed by atoms with Crippen LogP contribution in [0, 0.1) is 13.8 Å². The van der Waals surface area contributed by atoms with Crippen molar-refractivity contribution in [3.8, 4) is 0 Å². The van der Waals surface area contributed by atoms with E-state index >= 15 is 0 Å². The molecule has 0 spiro atoms. The largest absolute Gasteiger partial charge is 0.367 e. The van der Waals surface area contributed by atoms with Gasteiger partial charge >= 0.3 is 0 Å². The molecule has 16 heavy (non-hydrogen) atoms. The van der Waals surface area contributed by atoms with E-state index in [1.165, 1.54) is 16.1 Å². The van der Waals surface area contributed by atoms with Gasteiger partial charge in [0.2, 0.25) is 0 Å². The maximum Gasteiger partial charge on any atom is 0.0900 e. The second-order valence-electron chi connectivity index (χ2n) is 3.89. The van der Waals surface area contributed by atoms with Gasteiger partial charge in [-0.1, -0.05) is 0 Å². The first kappa shape index (κ1) is 11.4. The molecule has 3 nitrogen and oxygen atoms in total. The molecule has 0 radical (unpaired) electrons. The zero-order valence-electron chi connectivity index (χ0n) is 9.71. The predicted molar refractivity (Wildman–Crippen MR) is 67.8 cm³/mol. The van der Waals surface area contributed by atoms with Gasteiger partial charge in [0, 0.05) is 30.4 Å². The van der Waals surface area contributed by atoms with Gasteiger partial charge in [-0.05, 0) is 31.9 Å². The van der Waals surface area contributed by atoms with E-state index in [1.54, 1.807) is 11.3 Å². The molecule has 0 saturated carbocycles. The SMILES string of the molecule is Cc1nc(C)c(CCNCc2cc[nH]c2)s1. The number of H-pyrrole nitrogens is 1. The monoisotopic (exact) mass is 235 g/mol. The van der Waals surface area contributed by atoms with E-state index in [9.17, 15) is 0 Å². The Bertz CT molecular complexity index is 431. The summed E-state index contributed by atoms with van der Waals surface area (Å²) in [6.07, 6.45) is 5.05. The molecule has 2 aromatic rings. The van der Waals surface area contributed by atoms with Gasteiger partial charge in [-0.3, -0.25) is 0 Å². The van der Waals surface area contributed by atoms with Crippen LogP contribution in [0.15, 0.2) is 18.5 Å². The zero-order valence-corrected chi connectivity index (χ0v) is 10.5. The fraction of sp³-hybridized carbons (Fsp3) is 0.417. The Labute approximate surface area is 99.9 Å². The van der Waals surface area contributed by atoms with Crippen molar-refractivity contribution in [3.05, 3.63) is 39.6 Å². The minimum Gasteiger partial charge on any atom is -0.367 e. The highest BCUT2D eigenvalue weighted by Crippen LogP contribution is 2.17. The summed E-state index contributed by atoms with van der Waals surface area (Å²) in [5.41, 5.74) is 2.49. The molecule has 0 atom stereocenters. The van der Waals surface area contributed by atoms with Crippen LogP contribution in [0.1, 0.15) is 21.1 Å². The third-order valence-corrected chi connectivity index (χ3v) is 3.65. The van der Waals surface area contributed by atoms with E-state index in [4.69, 9.17) is 0 Å². The Morgan fingerprint density at radius 1 is 1.44 bits per heavy atom. The molecular weight excluding hydrogens is 218 g/mol. The first-order chi connectivity index (χ1) is 7.75. The smallest absolute Gasteiger partial charge is 0.0900 e. The summed E-state index contributed by atoms with van der Waals surface area (Å²) in [6.45, 7) is 6.09. The fourth-order valence-electron chi connectivity index (χ4n) is 1.71. The first-order valence-electron chi connectivity index (χ1n) is 5.51. The molecule has 2 heterocycles. The van der Waals surface area contributed by atoms with Crippen LogP contribution in [0.25, 0.3) is 0 Å². The van der Waals surface area contributed by atoms with Gasteiger partial charge < -0.3 is 10.3 Å². The number of aryl methyl sites for hydroxylation is 2. The van der Waals surface area contributed by atoms with E-state index in [0.29, 0.717) is 0 Å². The minimum absolute atomic E-state index is 0.931. The van der Waals surface area contributed by atoms with Crippen molar-refractivity contribution in [1.82, 2.24) is 15.3 Å². The van der Waals surface area contributed by atoms with Gasteiger partial charge in [0.15, 0.2) is 0 Å². The summed E-state index contributed by atoms with van der Waals surface area (Å²) in [5.74, 6) is 0. The maximum absolute atomic E-state index is 4.43.